The van der Waals surface area contributed by atoms with E-state index in [1.807, 2.05) is 25.3 Å². The zero-order chi connectivity index (χ0) is 18.9. The van der Waals surface area contributed by atoms with Gasteiger partial charge < -0.3 is 20.5 Å². The maximum atomic E-state index is 12.0. The maximum Gasteiger partial charge on any atom is 0.313 e. The number of para-hydroxylation sites is 2. The molecule has 138 valence electrons. The van der Waals surface area contributed by atoms with E-state index in [4.69, 9.17) is 4.74 Å². The minimum Gasteiger partial charge on any atom is -0.492 e. The smallest absolute Gasteiger partial charge is 0.313 e. The zero-order valence-corrected chi connectivity index (χ0v) is 15.5. The number of anilines is 1. The molecule has 0 aromatic heterocycles. The molecule has 0 bridgehead atoms. The summed E-state index contributed by atoms with van der Waals surface area (Å²) in [6.07, 6.45) is 1.08. The summed E-state index contributed by atoms with van der Waals surface area (Å²) in [6, 6.07) is 14.2. The Kier molecular flexibility index (Phi) is 7.50. The minimum absolute atomic E-state index is 0.0576. The van der Waals surface area contributed by atoms with Crippen LogP contribution < -0.4 is 15.4 Å². The molecular formula is C19H22N2O4S. The van der Waals surface area contributed by atoms with Crippen LogP contribution in [-0.2, 0) is 9.59 Å². The second-order valence-electron chi connectivity index (χ2n) is 5.38. The largest absolute Gasteiger partial charge is 0.492 e. The topological polar surface area (TPSA) is 87.7 Å². The van der Waals surface area contributed by atoms with Gasteiger partial charge in [0.2, 0.25) is 0 Å². The first kappa shape index (κ1) is 19.8. The third-order valence-corrected chi connectivity index (χ3v) is 4.34. The third kappa shape index (κ3) is 5.50. The van der Waals surface area contributed by atoms with Crippen LogP contribution in [0.25, 0.3) is 0 Å². The van der Waals surface area contributed by atoms with Gasteiger partial charge in [-0.05, 0) is 43.0 Å². The van der Waals surface area contributed by atoms with Crippen molar-refractivity contribution in [3.8, 4) is 5.75 Å². The molecule has 7 heteroatoms. The molecule has 0 aliphatic heterocycles. The summed E-state index contributed by atoms with van der Waals surface area (Å²) < 4.78 is 5.40. The summed E-state index contributed by atoms with van der Waals surface area (Å²) >= 11 is 1.60. The highest BCUT2D eigenvalue weighted by molar-refractivity contribution is 7.98. The average Bonchev–Trinajstić information content (AvgIpc) is 2.67. The van der Waals surface area contributed by atoms with Crippen molar-refractivity contribution in [2.75, 3.05) is 24.7 Å². The Labute approximate surface area is 156 Å². The van der Waals surface area contributed by atoms with E-state index in [1.54, 1.807) is 48.2 Å². The van der Waals surface area contributed by atoms with Crippen molar-refractivity contribution >= 4 is 29.3 Å². The van der Waals surface area contributed by atoms with Crippen LogP contribution in [0.2, 0.25) is 0 Å². The first-order valence-corrected chi connectivity index (χ1v) is 9.40. The number of nitrogens with one attached hydrogen (secondary N) is 2. The monoisotopic (exact) mass is 374 g/mol. The fourth-order valence-electron chi connectivity index (χ4n) is 2.24. The molecule has 2 aromatic carbocycles. The number of aliphatic hydroxyl groups excluding tert-OH is 1. The molecule has 1 unspecified atom stereocenters. The molecule has 3 N–H and O–H groups in total. The van der Waals surface area contributed by atoms with Gasteiger partial charge in [0.05, 0.1) is 18.4 Å². The standard InChI is InChI=1S/C19H22N2O4S/c1-3-25-17-7-5-4-6-15(17)21-19(24)18(23)20-12-16(22)13-8-10-14(26-2)11-9-13/h4-11,16,22H,3,12H2,1-2H3,(H,20,23)(H,21,24). The molecule has 0 aliphatic rings. The van der Waals surface area contributed by atoms with Crippen molar-refractivity contribution in [3.05, 3.63) is 54.1 Å². The number of carbonyl (C=O) groups excluding carboxylic acids is 2. The summed E-state index contributed by atoms with van der Waals surface area (Å²) in [6.45, 7) is 2.22. The summed E-state index contributed by atoms with van der Waals surface area (Å²) in [5.74, 6) is -1.15. The lowest BCUT2D eigenvalue weighted by atomic mass is 10.1. The normalized spacial score (nSPS) is 11.5. The van der Waals surface area contributed by atoms with E-state index in [0.29, 0.717) is 23.6 Å². The van der Waals surface area contributed by atoms with Crippen LogP contribution in [-0.4, -0.2) is 36.3 Å². The lowest BCUT2D eigenvalue weighted by molar-refractivity contribution is -0.136. The van der Waals surface area contributed by atoms with Gasteiger partial charge in [-0.25, -0.2) is 0 Å². The number of rotatable bonds is 7. The first-order chi connectivity index (χ1) is 12.5. The molecule has 2 rings (SSSR count). The van der Waals surface area contributed by atoms with Gasteiger partial charge in [-0.15, -0.1) is 11.8 Å². The second kappa shape index (κ2) is 9.84. The van der Waals surface area contributed by atoms with E-state index in [2.05, 4.69) is 10.6 Å². The molecule has 0 aliphatic carbocycles. The van der Waals surface area contributed by atoms with Gasteiger partial charge in [0.25, 0.3) is 0 Å². The molecule has 1 atom stereocenters. The van der Waals surface area contributed by atoms with E-state index < -0.39 is 17.9 Å². The molecule has 6 nitrogen and oxygen atoms in total. The number of hydrogen-bond donors (Lipinski definition) is 3. The zero-order valence-electron chi connectivity index (χ0n) is 14.7. The SMILES string of the molecule is CCOc1ccccc1NC(=O)C(=O)NCC(O)c1ccc(SC)cc1. The molecule has 0 saturated heterocycles. The van der Waals surface area contributed by atoms with Crippen molar-refractivity contribution in [2.24, 2.45) is 0 Å². The molecule has 0 spiro atoms. The van der Waals surface area contributed by atoms with Crippen molar-refractivity contribution in [1.29, 1.82) is 0 Å². The maximum absolute atomic E-state index is 12.0. The molecular weight excluding hydrogens is 352 g/mol. The Balaban J connectivity index is 1.89. The van der Waals surface area contributed by atoms with Gasteiger partial charge >= 0.3 is 11.8 Å². The van der Waals surface area contributed by atoms with Crippen LogP contribution in [0.15, 0.2) is 53.4 Å². The minimum atomic E-state index is -0.890. The van der Waals surface area contributed by atoms with Crippen molar-refractivity contribution < 1.29 is 19.4 Å². The van der Waals surface area contributed by atoms with Crippen molar-refractivity contribution in [3.63, 3.8) is 0 Å². The number of thioether (sulfide) groups is 1. The fraction of sp³-hybridized carbons (Fsp3) is 0.263. The number of ether oxygens (including phenoxy) is 1. The Bertz CT molecular complexity index is 749. The molecule has 2 amide bonds. The lowest BCUT2D eigenvalue weighted by Crippen LogP contribution is -2.37. The summed E-state index contributed by atoms with van der Waals surface area (Å²) in [5, 5.41) is 15.1. The molecule has 0 fully saturated rings. The summed E-state index contributed by atoms with van der Waals surface area (Å²) in [7, 11) is 0. The number of carbonyl (C=O) groups is 2. The summed E-state index contributed by atoms with van der Waals surface area (Å²) in [4.78, 5) is 25.1. The van der Waals surface area contributed by atoms with E-state index >= 15 is 0 Å². The highest BCUT2D eigenvalue weighted by Gasteiger charge is 2.17. The Morgan fingerprint density at radius 1 is 1.12 bits per heavy atom. The van der Waals surface area contributed by atoms with E-state index in [0.717, 1.165) is 4.90 Å². The molecule has 0 saturated carbocycles. The van der Waals surface area contributed by atoms with Gasteiger partial charge in [0.15, 0.2) is 0 Å². The number of benzene rings is 2. The quantitative estimate of drug-likeness (QED) is 0.512. The van der Waals surface area contributed by atoms with E-state index in [9.17, 15) is 14.7 Å². The van der Waals surface area contributed by atoms with Gasteiger partial charge in [-0.1, -0.05) is 24.3 Å². The fourth-order valence-corrected chi connectivity index (χ4v) is 2.65. The lowest BCUT2D eigenvalue weighted by Gasteiger charge is -2.14. The van der Waals surface area contributed by atoms with Gasteiger partial charge in [0, 0.05) is 11.4 Å². The van der Waals surface area contributed by atoms with Crippen LogP contribution >= 0.6 is 11.8 Å². The highest BCUT2D eigenvalue weighted by Crippen LogP contribution is 2.23. The van der Waals surface area contributed by atoms with Gasteiger partial charge in [-0.3, -0.25) is 9.59 Å². The van der Waals surface area contributed by atoms with Crippen LogP contribution in [0, 0.1) is 0 Å². The van der Waals surface area contributed by atoms with Gasteiger partial charge in [-0.2, -0.15) is 0 Å². The van der Waals surface area contributed by atoms with E-state index in [1.165, 1.54) is 0 Å². The Morgan fingerprint density at radius 3 is 2.46 bits per heavy atom. The number of amides is 2. The molecule has 26 heavy (non-hydrogen) atoms. The second-order valence-corrected chi connectivity index (χ2v) is 6.26. The number of aliphatic hydroxyl groups is 1. The average molecular weight is 374 g/mol. The van der Waals surface area contributed by atoms with Crippen LogP contribution in [0.1, 0.15) is 18.6 Å². The Hall–Kier alpha value is -2.51. The predicted octanol–water partition coefficient (Wildman–Crippen LogP) is 2.60. The first-order valence-electron chi connectivity index (χ1n) is 8.18. The van der Waals surface area contributed by atoms with Crippen LogP contribution in [0.4, 0.5) is 5.69 Å². The van der Waals surface area contributed by atoms with Crippen LogP contribution in [0.5, 0.6) is 5.75 Å². The predicted molar refractivity (Wildman–Crippen MR) is 102 cm³/mol. The molecule has 2 aromatic rings. The van der Waals surface area contributed by atoms with Crippen molar-refractivity contribution in [2.45, 2.75) is 17.9 Å². The van der Waals surface area contributed by atoms with Gasteiger partial charge in [0.1, 0.15) is 5.75 Å². The molecule has 0 heterocycles. The highest BCUT2D eigenvalue weighted by atomic mass is 32.2. The Morgan fingerprint density at radius 2 is 1.81 bits per heavy atom. The third-order valence-electron chi connectivity index (χ3n) is 3.60. The van der Waals surface area contributed by atoms with E-state index in [-0.39, 0.29) is 6.54 Å². The number of hydrogen-bond acceptors (Lipinski definition) is 5. The van der Waals surface area contributed by atoms with Crippen LogP contribution in [0.3, 0.4) is 0 Å². The molecule has 0 radical (unpaired) electrons. The van der Waals surface area contributed by atoms with Crippen molar-refractivity contribution in [1.82, 2.24) is 5.32 Å². The summed E-state index contributed by atoms with van der Waals surface area (Å²) in [5.41, 5.74) is 1.09.